The lowest BCUT2D eigenvalue weighted by atomic mass is 10.2. The first kappa shape index (κ1) is 8.13. The average Bonchev–Trinajstić information content (AvgIpc) is 2.08. The summed E-state index contributed by atoms with van der Waals surface area (Å²) in [6.45, 7) is 0. The zero-order chi connectivity index (χ0) is 9.42. The van der Waals surface area contributed by atoms with E-state index in [2.05, 4.69) is 0 Å². The maximum Gasteiger partial charge on any atom is 0.355 e. The van der Waals surface area contributed by atoms with E-state index < -0.39 is 5.63 Å². The van der Waals surface area contributed by atoms with Crippen LogP contribution in [0.15, 0.2) is 33.5 Å². The van der Waals surface area contributed by atoms with Gasteiger partial charge in [-0.25, -0.2) is 4.79 Å². The molecule has 0 aliphatic carbocycles. The fraction of sp³-hybridized carbons (Fsp3) is 0. The van der Waals surface area contributed by atoms with Crippen molar-refractivity contribution >= 4 is 28.3 Å². The van der Waals surface area contributed by atoms with Crippen molar-refractivity contribution in [2.24, 2.45) is 0 Å². The molecule has 0 aliphatic heterocycles. The third kappa shape index (κ3) is 1.38. The first-order valence-corrected chi connectivity index (χ1v) is 4.03. The molecule has 0 unspecified atom stereocenters. The second-order valence-electron chi connectivity index (χ2n) is 2.68. The number of fused-ring (bicyclic) bond motifs is 1. The minimum absolute atomic E-state index is 0.0808. The largest absolute Gasteiger partial charge is 0.422 e. The number of rotatable bonds is 0. The number of benzene rings is 1. The van der Waals surface area contributed by atoms with E-state index in [1.165, 1.54) is 0 Å². The molecule has 0 saturated heterocycles. The van der Waals surface area contributed by atoms with Crippen LogP contribution in [0.4, 0.5) is 5.69 Å². The van der Waals surface area contributed by atoms with Crippen molar-refractivity contribution < 1.29 is 4.42 Å². The van der Waals surface area contributed by atoms with Gasteiger partial charge in [-0.3, -0.25) is 0 Å². The number of hydrogen-bond donors (Lipinski definition) is 1. The Labute approximate surface area is 78.7 Å². The number of nitrogen functional groups attached to an aromatic ring is 1. The SMILES string of the molecule is Nc1ccc2cc(Cl)c(=O)oc2c1. The van der Waals surface area contributed by atoms with E-state index in [9.17, 15) is 4.79 Å². The molecule has 1 aromatic carbocycles. The van der Waals surface area contributed by atoms with E-state index in [1.807, 2.05) is 0 Å². The van der Waals surface area contributed by atoms with Crippen LogP contribution < -0.4 is 11.4 Å². The molecule has 0 amide bonds. The molecule has 1 aromatic heterocycles. The number of anilines is 1. The normalized spacial score (nSPS) is 10.5. The van der Waals surface area contributed by atoms with Crippen LogP contribution in [0.25, 0.3) is 11.0 Å². The summed E-state index contributed by atoms with van der Waals surface area (Å²) in [6.07, 6.45) is 0. The van der Waals surface area contributed by atoms with Gasteiger partial charge in [0.05, 0.1) is 0 Å². The van der Waals surface area contributed by atoms with E-state index >= 15 is 0 Å². The summed E-state index contributed by atoms with van der Waals surface area (Å²) < 4.78 is 4.91. The Kier molecular flexibility index (Phi) is 1.74. The maximum atomic E-state index is 11.0. The van der Waals surface area contributed by atoms with Gasteiger partial charge in [-0.2, -0.15) is 0 Å². The molecule has 2 N–H and O–H groups in total. The lowest BCUT2D eigenvalue weighted by Gasteiger charge is -1.97. The fourth-order valence-corrected chi connectivity index (χ4v) is 1.26. The summed E-state index contributed by atoms with van der Waals surface area (Å²) in [5.41, 5.74) is 5.98. The van der Waals surface area contributed by atoms with Gasteiger partial charge in [-0.15, -0.1) is 0 Å². The molecule has 0 saturated carbocycles. The quantitative estimate of drug-likeness (QED) is 0.517. The highest BCUT2D eigenvalue weighted by Gasteiger charge is 2.01. The van der Waals surface area contributed by atoms with Crippen molar-refractivity contribution in [2.75, 3.05) is 5.73 Å². The molecule has 66 valence electrons. The Morgan fingerprint density at radius 1 is 1.31 bits per heavy atom. The van der Waals surface area contributed by atoms with Crippen molar-refractivity contribution in [3.8, 4) is 0 Å². The summed E-state index contributed by atoms with van der Waals surface area (Å²) in [6, 6.07) is 6.62. The zero-order valence-corrected chi connectivity index (χ0v) is 7.34. The van der Waals surface area contributed by atoms with Crippen LogP contribution in [0.5, 0.6) is 0 Å². The highest BCUT2D eigenvalue weighted by molar-refractivity contribution is 6.30. The molecule has 3 nitrogen and oxygen atoms in total. The first-order chi connectivity index (χ1) is 6.16. The van der Waals surface area contributed by atoms with Gasteiger partial charge in [-0.1, -0.05) is 11.6 Å². The predicted octanol–water partition coefficient (Wildman–Crippen LogP) is 2.03. The summed E-state index contributed by atoms with van der Waals surface area (Å²) in [5.74, 6) is 0. The number of halogens is 1. The molecule has 0 radical (unpaired) electrons. The molecule has 4 heteroatoms. The lowest BCUT2D eigenvalue weighted by Crippen LogP contribution is -1.98. The van der Waals surface area contributed by atoms with Crippen molar-refractivity contribution in [1.82, 2.24) is 0 Å². The van der Waals surface area contributed by atoms with Gasteiger partial charge in [0.25, 0.3) is 0 Å². The molecular formula is C9H6ClNO2. The third-order valence-electron chi connectivity index (χ3n) is 1.72. The Balaban J connectivity index is 2.89. The van der Waals surface area contributed by atoms with E-state index in [0.717, 1.165) is 5.39 Å². The van der Waals surface area contributed by atoms with Gasteiger partial charge in [0.15, 0.2) is 0 Å². The molecule has 1 heterocycles. The van der Waals surface area contributed by atoms with Crippen LogP contribution in [0, 0.1) is 0 Å². The second kappa shape index (κ2) is 2.78. The predicted molar refractivity (Wildman–Crippen MR) is 51.9 cm³/mol. The van der Waals surface area contributed by atoms with Crippen molar-refractivity contribution in [3.05, 3.63) is 39.7 Å². The van der Waals surface area contributed by atoms with Crippen molar-refractivity contribution in [3.63, 3.8) is 0 Å². The summed E-state index contributed by atoms with van der Waals surface area (Å²) >= 11 is 5.59. The van der Waals surface area contributed by atoms with Crippen LogP contribution in [0.2, 0.25) is 5.02 Å². The first-order valence-electron chi connectivity index (χ1n) is 3.66. The van der Waals surface area contributed by atoms with Gasteiger partial charge in [0.2, 0.25) is 0 Å². The third-order valence-corrected chi connectivity index (χ3v) is 1.98. The summed E-state index contributed by atoms with van der Waals surface area (Å²) in [7, 11) is 0. The molecule has 13 heavy (non-hydrogen) atoms. The highest BCUT2D eigenvalue weighted by atomic mass is 35.5. The molecule has 2 rings (SSSR count). The van der Waals surface area contributed by atoms with Gasteiger partial charge < -0.3 is 10.2 Å². The van der Waals surface area contributed by atoms with Gasteiger partial charge in [0, 0.05) is 17.1 Å². The summed E-state index contributed by atoms with van der Waals surface area (Å²) in [4.78, 5) is 11.0. The Bertz CT molecular complexity index is 518. The van der Waals surface area contributed by atoms with Crippen LogP contribution in [0.3, 0.4) is 0 Å². The van der Waals surface area contributed by atoms with Gasteiger partial charge in [-0.05, 0) is 18.2 Å². The maximum absolute atomic E-state index is 11.0. The number of hydrogen-bond acceptors (Lipinski definition) is 3. The average molecular weight is 196 g/mol. The Morgan fingerprint density at radius 3 is 2.85 bits per heavy atom. The second-order valence-corrected chi connectivity index (χ2v) is 3.09. The molecule has 0 spiro atoms. The standard InChI is InChI=1S/C9H6ClNO2/c10-7-3-5-1-2-6(11)4-8(5)13-9(7)12/h1-4H,11H2. The molecular weight excluding hydrogens is 190 g/mol. The molecule has 0 fully saturated rings. The van der Waals surface area contributed by atoms with Crippen LogP contribution in [-0.2, 0) is 0 Å². The van der Waals surface area contributed by atoms with Crippen molar-refractivity contribution in [1.29, 1.82) is 0 Å². The van der Waals surface area contributed by atoms with E-state index in [0.29, 0.717) is 11.3 Å². The zero-order valence-electron chi connectivity index (χ0n) is 6.58. The fourth-order valence-electron chi connectivity index (χ4n) is 1.10. The van der Waals surface area contributed by atoms with Crippen molar-refractivity contribution in [2.45, 2.75) is 0 Å². The lowest BCUT2D eigenvalue weighted by molar-refractivity contribution is 0.561. The molecule has 0 bridgehead atoms. The van der Waals surface area contributed by atoms with E-state index in [4.69, 9.17) is 21.8 Å². The highest BCUT2D eigenvalue weighted by Crippen LogP contribution is 2.18. The van der Waals surface area contributed by atoms with Gasteiger partial charge in [0.1, 0.15) is 10.6 Å². The molecule has 2 aromatic rings. The monoisotopic (exact) mass is 195 g/mol. The van der Waals surface area contributed by atoms with Gasteiger partial charge >= 0.3 is 5.63 Å². The molecule has 0 atom stereocenters. The Hall–Kier alpha value is -1.48. The van der Waals surface area contributed by atoms with Crippen LogP contribution in [0.1, 0.15) is 0 Å². The van der Waals surface area contributed by atoms with Crippen LogP contribution in [-0.4, -0.2) is 0 Å². The Morgan fingerprint density at radius 2 is 2.08 bits per heavy atom. The van der Waals surface area contributed by atoms with E-state index in [1.54, 1.807) is 24.3 Å². The smallest absolute Gasteiger partial charge is 0.355 e. The number of nitrogens with two attached hydrogens (primary N) is 1. The molecule has 0 aliphatic rings. The summed E-state index contributed by atoms with van der Waals surface area (Å²) in [5, 5.41) is 0.844. The minimum atomic E-state index is -0.542. The minimum Gasteiger partial charge on any atom is -0.422 e. The van der Waals surface area contributed by atoms with E-state index in [-0.39, 0.29) is 5.02 Å². The topological polar surface area (TPSA) is 56.2 Å². The van der Waals surface area contributed by atoms with Crippen LogP contribution >= 0.6 is 11.6 Å².